The van der Waals surface area contributed by atoms with Crippen LogP contribution in [0.1, 0.15) is 30.0 Å². The van der Waals surface area contributed by atoms with E-state index in [4.69, 9.17) is 4.98 Å². The van der Waals surface area contributed by atoms with Gasteiger partial charge in [0.1, 0.15) is 5.01 Å². The number of hydrogen-bond donors (Lipinski definition) is 2. The Morgan fingerprint density at radius 3 is 2.79 bits per heavy atom. The van der Waals surface area contributed by atoms with Crippen LogP contribution in [0, 0.1) is 0 Å². The number of piperidine rings is 1. The zero-order valence-corrected chi connectivity index (χ0v) is 17.5. The number of H-pyrrole nitrogens is 1. The molecule has 0 amide bonds. The fourth-order valence-corrected chi connectivity index (χ4v) is 5.02. The number of benzene rings is 2. The van der Waals surface area contributed by atoms with Gasteiger partial charge in [-0.15, -0.1) is 11.3 Å². The third kappa shape index (κ3) is 3.93. The van der Waals surface area contributed by atoms with Gasteiger partial charge in [0.05, 0.1) is 12.2 Å². The van der Waals surface area contributed by atoms with Crippen molar-refractivity contribution < 1.29 is 0 Å². The number of para-hydroxylation sites is 1. The minimum atomic E-state index is 0.650. The van der Waals surface area contributed by atoms with Gasteiger partial charge in [-0.1, -0.05) is 18.2 Å². The van der Waals surface area contributed by atoms with Gasteiger partial charge in [0.2, 0.25) is 0 Å². The molecule has 2 aromatic carbocycles. The van der Waals surface area contributed by atoms with Crippen molar-refractivity contribution in [3.05, 3.63) is 71.4 Å². The zero-order chi connectivity index (χ0) is 19.6. The van der Waals surface area contributed by atoms with Crippen LogP contribution in [0.25, 0.3) is 21.5 Å². The Kier molecular flexibility index (Phi) is 5.08. The number of thiazole rings is 1. The maximum Gasteiger partial charge on any atom is 0.123 e. The molecule has 0 saturated carbocycles. The van der Waals surface area contributed by atoms with E-state index in [9.17, 15) is 0 Å². The van der Waals surface area contributed by atoms with E-state index in [1.54, 1.807) is 11.3 Å². The molecule has 0 radical (unpaired) electrons. The Morgan fingerprint density at radius 2 is 1.97 bits per heavy atom. The first-order chi connectivity index (χ1) is 14.3. The molecule has 0 spiro atoms. The summed E-state index contributed by atoms with van der Waals surface area (Å²) in [6, 6.07) is 17.0. The molecule has 1 fully saturated rings. The third-order valence-corrected chi connectivity index (χ3v) is 6.86. The van der Waals surface area contributed by atoms with E-state index in [-0.39, 0.29) is 0 Å². The molecule has 4 aromatic rings. The number of fused-ring (bicyclic) bond motifs is 1. The second-order valence-electron chi connectivity index (χ2n) is 7.95. The molecule has 5 rings (SSSR count). The Bertz CT molecular complexity index is 1090. The molecule has 0 bridgehead atoms. The largest absolute Gasteiger partial charge is 0.379 e. The van der Waals surface area contributed by atoms with Gasteiger partial charge in [0, 0.05) is 33.7 Å². The van der Waals surface area contributed by atoms with Crippen molar-refractivity contribution in [2.75, 3.05) is 25.5 Å². The van der Waals surface area contributed by atoms with Gasteiger partial charge in [-0.05, 0) is 74.8 Å². The van der Waals surface area contributed by atoms with Crippen LogP contribution in [-0.4, -0.2) is 35.0 Å². The molecule has 148 valence electrons. The van der Waals surface area contributed by atoms with E-state index < -0.39 is 0 Å². The van der Waals surface area contributed by atoms with Crippen molar-refractivity contribution in [3.63, 3.8) is 0 Å². The molecular weight excluding hydrogens is 376 g/mol. The second kappa shape index (κ2) is 8.01. The normalized spacial score (nSPS) is 15.8. The van der Waals surface area contributed by atoms with Crippen LogP contribution in [0.4, 0.5) is 5.69 Å². The van der Waals surface area contributed by atoms with E-state index in [0.717, 1.165) is 22.9 Å². The quantitative estimate of drug-likeness (QED) is 0.449. The number of likely N-dealkylation sites (tertiary alicyclic amines) is 1. The highest BCUT2D eigenvalue weighted by Gasteiger charge is 2.21. The lowest BCUT2D eigenvalue weighted by molar-refractivity contribution is 0.256. The van der Waals surface area contributed by atoms with E-state index in [2.05, 4.69) is 64.2 Å². The Labute approximate surface area is 175 Å². The van der Waals surface area contributed by atoms with Crippen LogP contribution in [0.5, 0.6) is 0 Å². The number of hydrogen-bond acceptors (Lipinski definition) is 4. The van der Waals surface area contributed by atoms with Gasteiger partial charge < -0.3 is 15.2 Å². The highest BCUT2D eigenvalue weighted by molar-refractivity contribution is 7.13. The highest BCUT2D eigenvalue weighted by atomic mass is 32.1. The monoisotopic (exact) mass is 402 g/mol. The molecule has 5 heteroatoms. The summed E-state index contributed by atoms with van der Waals surface area (Å²) in [5.74, 6) is 0.650. The molecular formula is C24H26N4S. The SMILES string of the molecule is CN1CCC(c2c[nH]c3ccc(-c4nc(CNc5ccccc5)cs4)cc23)CC1. The number of anilines is 1. The zero-order valence-electron chi connectivity index (χ0n) is 16.7. The molecule has 2 N–H and O–H groups in total. The number of nitrogens with one attached hydrogen (secondary N) is 2. The standard InChI is InChI=1S/C24H26N4S/c1-28-11-9-17(10-12-28)22-15-26-23-8-7-18(13-21(22)23)24-27-20(16-29-24)14-25-19-5-3-2-4-6-19/h2-8,13,15-17,25-26H,9-12,14H2,1H3. The van der Waals surface area contributed by atoms with Crippen molar-refractivity contribution in [2.45, 2.75) is 25.3 Å². The first kappa shape index (κ1) is 18.4. The topological polar surface area (TPSA) is 44.0 Å². The minimum Gasteiger partial charge on any atom is -0.379 e. The summed E-state index contributed by atoms with van der Waals surface area (Å²) >= 11 is 1.72. The maximum absolute atomic E-state index is 4.88. The summed E-state index contributed by atoms with van der Waals surface area (Å²) < 4.78 is 0. The van der Waals surface area contributed by atoms with Crippen molar-refractivity contribution in [1.29, 1.82) is 0 Å². The summed E-state index contributed by atoms with van der Waals surface area (Å²) in [6.45, 7) is 3.11. The Hall–Kier alpha value is -2.63. The molecule has 0 aliphatic carbocycles. The maximum atomic E-state index is 4.88. The van der Waals surface area contributed by atoms with Crippen LogP contribution in [0.2, 0.25) is 0 Å². The van der Waals surface area contributed by atoms with E-state index in [1.165, 1.54) is 48.0 Å². The van der Waals surface area contributed by atoms with Crippen LogP contribution in [0.15, 0.2) is 60.1 Å². The lowest BCUT2D eigenvalue weighted by Crippen LogP contribution is -2.29. The van der Waals surface area contributed by atoms with Crippen LogP contribution in [-0.2, 0) is 6.54 Å². The number of aromatic amines is 1. The van der Waals surface area contributed by atoms with E-state index in [1.807, 2.05) is 18.2 Å². The first-order valence-corrected chi connectivity index (χ1v) is 11.2. The summed E-state index contributed by atoms with van der Waals surface area (Å²) in [7, 11) is 2.22. The predicted molar refractivity (Wildman–Crippen MR) is 123 cm³/mol. The summed E-state index contributed by atoms with van der Waals surface area (Å²) in [6.07, 6.45) is 4.70. The smallest absolute Gasteiger partial charge is 0.123 e. The second-order valence-corrected chi connectivity index (χ2v) is 8.80. The number of aromatic nitrogens is 2. The Balaban J connectivity index is 1.36. The van der Waals surface area contributed by atoms with Gasteiger partial charge >= 0.3 is 0 Å². The number of nitrogens with zero attached hydrogens (tertiary/aromatic N) is 2. The summed E-state index contributed by atoms with van der Waals surface area (Å²) in [5, 5.41) is 8.05. The lowest BCUT2D eigenvalue weighted by Gasteiger charge is -2.28. The molecule has 0 atom stereocenters. The molecule has 0 unspecified atom stereocenters. The van der Waals surface area contributed by atoms with Crippen molar-refractivity contribution in [3.8, 4) is 10.6 Å². The predicted octanol–water partition coefficient (Wildman–Crippen LogP) is 5.71. The molecule has 4 nitrogen and oxygen atoms in total. The average Bonchev–Trinajstić information content (AvgIpc) is 3.40. The highest BCUT2D eigenvalue weighted by Crippen LogP contribution is 2.35. The molecule has 1 saturated heterocycles. The van der Waals surface area contributed by atoms with Crippen LogP contribution in [0.3, 0.4) is 0 Å². The fourth-order valence-electron chi connectivity index (χ4n) is 4.20. The van der Waals surface area contributed by atoms with Gasteiger partial charge in [-0.25, -0.2) is 4.98 Å². The van der Waals surface area contributed by atoms with Gasteiger partial charge in [0.15, 0.2) is 0 Å². The molecule has 2 aromatic heterocycles. The van der Waals surface area contributed by atoms with Gasteiger partial charge in [-0.2, -0.15) is 0 Å². The van der Waals surface area contributed by atoms with Crippen LogP contribution >= 0.6 is 11.3 Å². The van der Waals surface area contributed by atoms with Crippen molar-refractivity contribution in [1.82, 2.24) is 14.9 Å². The number of rotatable bonds is 5. The molecule has 3 heterocycles. The van der Waals surface area contributed by atoms with E-state index >= 15 is 0 Å². The Morgan fingerprint density at radius 1 is 1.14 bits per heavy atom. The van der Waals surface area contributed by atoms with Gasteiger partial charge in [-0.3, -0.25) is 0 Å². The summed E-state index contributed by atoms with van der Waals surface area (Å²) in [5.41, 5.74) is 6.11. The molecule has 29 heavy (non-hydrogen) atoms. The molecule has 1 aliphatic heterocycles. The van der Waals surface area contributed by atoms with Gasteiger partial charge in [0.25, 0.3) is 0 Å². The van der Waals surface area contributed by atoms with Crippen molar-refractivity contribution in [2.24, 2.45) is 0 Å². The van der Waals surface area contributed by atoms with Crippen molar-refractivity contribution >= 4 is 27.9 Å². The minimum absolute atomic E-state index is 0.650. The van der Waals surface area contributed by atoms with E-state index in [0.29, 0.717) is 5.92 Å². The fraction of sp³-hybridized carbons (Fsp3) is 0.292. The first-order valence-electron chi connectivity index (χ1n) is 10.3. The lowest BCUT2D eigenvalue weighted by atomic mass is 9.89. The average molecular weight is 403 g/mol. The van der Waals surface area contributed by atoms with Crippen LogP contribution < -0.4 is 5.32 Å². The summed E-state index contributed by atoms with van der Waals surface area (Å²) in [4.78, 5) is 10.8. The third-order valence-electron chi connectivity index (χ3n) is 5.92. The molecule has 1 aliphatic rings.